The summed E-state index contributed by atoms with van der Waals surface area (Å²) in [5, 5.41) is 11.6. The molecule has 0 saturated carbocycles. The summed E-state index contributed by atoms with van der Waals surface area (Å²) in [7, 11) is 0.917. The summed E-state index contributed by atoms with van der Waals surface area (Å²) >= 11 is 0. The topological polar surface area (TPSA) is 75.6 Å². The van der Waals surface area contributed by atoms with E-state index in [9.17, 15) is 22.8 Å². The first-order valence-corrected chi connectivity index (χ1v) is 7.09. The van der Waals surface area contributed by atoms with Crippen molar-refractivity contribution in [3.63, 3.8) is 0 Å². The highest BCUT2D eigenvalue weighted by atomic mass is 19.2. The highest BCUT2D eigenvalue weighted by Gasteiger charge is 2.30. The molecule has 2 aromatic rings. The summed E-state index contributed by atoms with van der Waals surface area (Å²) in [4.78, 5) is 22.1. The van der Waals surface area contributed by atoms with Crippen LogP contribution in [0.15, 0.2) is 24.3 Å². The quantitative estimate of drug-likeness (QED) is 0.810. The van der Waals surface area contributed by atoms with Crippen LogP contribution in [-0.2, 0) is 11.3 Å². The van der Waals surface area contributed by atoms with Crippen molar-refractivity contribution in [2.24, 2.45) is 0 Å². The molecule has 0 saturated heterocycles. The number of halogens is 3. The molecule has 0 atom stereocenters. The van der Waals surface area contributed by atoms with Crippen molar-refractivity contribution >= 4 is 11.9 Å². The third kappa shape index (κ3) is 3.57. The maximum atomic E-state index is 14.5. The number of carboxylic acid groups (broad SMARTS) is 1. The van der Waals surface area contributed by atoms with Gasteiger partial charge in [0.1, 0.15) is 5.56 Å². The van der Waals surface area contributed by atoms with Crippen LogP contribution >= 0.6 is 0 Å². The average molecular weight is 353 g/mol. The molecule has 25 heavy (non-hydrogen) atoms. The molecule has 0 aliphatic heterocycles. The van der Waals surface area contributed by atoms with E-state index in [1.807, 2.05) is 0 Å². The van der Waals surface area contributed by atoms with E-state index in [1.165, 1.54) is 31.2 Å². The first-order chi connectivity index (χ1) is 11.8. The van der Waals surface area contributed by atoms with Crippen molar-refractivity contribution < 1.29 is 32.6 Å². The number of carboxylic acids is 1. The van der Waals surface area contributed by atoms with Gasteiger partial charge < -0.3 is 15.2 Å². The van der Waals surface area contributed by atoms with Gasteiger partial charge in [-0.25, -0.2) is 13.6 Å². The van der Waals surface area contributed by atoms with Crippen molar-refractivity contribution in [2.75, 3.05) is 7.11 Å². The van der Waals surface area contributed by atoms with Gasteiger partial charge in [-0.3, -0.25) is 4.79 Å². The van der Waals surface area contributed by atoms with E-state index in [1.54, 1.807) is 0 Å². The van der Waals surface area contributed by atoms with E-state index in [-0.39, 0.29) is 18.0 Å². The average Bonchev–Trinajstić information content (AvgIpc) is 2.56. The molecular weight excluding hydrogens is 339 g/mol. The molecule has 0 unspecified atom stereocenters. The molecule has 1 amide bonds. The molecule has 0 bridgehead atoms. The van der Waals surface area contributed by atoms with E-state index in [0.717, 1.165) is 7.11 Å². The van der Waals surface area contributed by atoms with Gasteiger partial charge in [0, 0.05) is 13.5 Å². The van der Waals surface area contributed by atoms with Crippen LogP contribution in [0.25, 0.3) is 11.1 Å². The van der Waals surface area contributed by atoms with Crippen LogP contribution in [0, 0.1) is 17.5 Å². The molecule has 0 radical (unpaired) electrons. The van der Waals surface area contributed by atoms with Crippen LogP contribution in [-0.4, -0.2) is 24.1 Å². The smallest absolute Gasteiger partial charge is 0.342 e. The molecule has 2 aromatic carbocycles. The van der Waals surface area contributed by atoms with Gasteiger partial charge in [0.05, 0.1) is 12.7 Å². The normalized spacial score (nSPS) is 10.4. The Morgan fingerprint density at radius 3 is 2.16 bits per heavy atom. The number of hydrogen-bond acceptors (Lipinski definition) is 3. The zero-order valence-corrected chi connectivity index (χ0v) is 13.3. The summed E-state index contributed by atoms with van der Waals surface area (Å²) < 4.78 is 47.3. The molecule has 5 nitrogen and oxygen atoms in total. The van der Waals surface area contributed by atoms with Gasteiger partial charge in [0.25, 0.3) is 0 Å². The van der Waals surface area contributed by atoms with Crippen molar-refractivity contribution in [2.45, 2.75) is 13.5 Å². The van der Waals surface area contributed by atoms with Crippen molar-refractivity contribution in [1.82, 2.24) is 5.32 Å². The standard InChI is InChI=1S/C17H14F3NO4/c1-8(22)21-7-9-3-5-10(6-4-9)11-13(18)12(17(23)24)16(25-2)15(20)14(11)19/h3-6H,7H2,1-2H3,(H,21,22)(H,23,24). The van der Waals surface area contributed by atoms with E-state index in [4.69, 9.17) is 5.11 Å². The van der Waals surface area contributed by atoms with Gasteiger partial charge in [0.2, 0.25) is 11.7 Å². The number of nitrogens with one attached hydrogen (secondary N) is 1. The van der Waals surface area contributed by atoms with Crippen molar-refractivity contribution in [3.8, 4) is 16.9 Å². The Kier molecular flexibility index (Phi) is 5.31. The first kappa shape index (κ1) is 18.3. The van der Waals surface area contributed by atoms with Crippen LogP contribution in [0.1, 0.15) is 22.8 Å². The number of rotatable bonds is 5. The Balaban J connectivity index is 2.55. The summed E-state index contributed by atoms with van der Waals surface area (Å²) in [6, 6.07) is 5.56. The van der Waals surface area contributed by atoms with Gasteiger partial charge in [-0.2, -0.15) is 4.39 Å². The fourth-order valence-electron chi connectivity index (χ4n) is 2.29. The van der Waals surface area contributed by atoms with E-state index in [0.29, 0.717) is 5.56 Å². The minimum absolute atomic E-state index is 0.0503. The van der Waals surface area contributed by atoms with E-state index >= 15 is 0 Å². The van der Waals surface area contributed by atoms with Crippen LogP contribution in [0.2, 0.25) is 0 Å². The molecule has 0 fully saturated rings. The van der Waals surface area contributed by atoms with Crippen molar-refractivity contribution in [1.29, 1.82) is 0 Å². The SMILES string of the molecule is COc1c(F)c(F)c(-c2ccc(CNC(C)=O)cc2)c(F)c1C(=O)O. The second-order valence-corrected chi connectivity index (χ2v) is 5.14. The summed E-state index contributed by atoms with van der Waals surface area (Å²) in [5.41, 5.74) is -1.29. The van der Waals surface area contributed by atoms with Gasteiger partial charge in [-0.05, 0) is 11.1 Å². The molecule has 0 spiro atoms. The molecule has 0 heterocycles. The van der Waals surface area contributed by atoms with Crippen LogP contribution in [0.5, 0.6) is 5.75 Å². The molecular formula is C17H14F3NO4. The number of amides is 1. The van der Waals surface area contributed by atoms with Crippen molar-refractivity contribution in [3.05, 3.63) is 52.8 Å². The first-order valence-electron chi connectivity index (χ1n) is 7.09. The van der Waals surface area contributed by atoms with Gasteiger partial charge in [-0.15, -0.1) is 0 Å². The third-order valence-electron chi connectivity index (χ3n) is 3.48. The highest BCUT2D eigenvalue weighted by Crippen LogP contribution is 2.36. The zero-order valence-electron chi connectivity index (χ0n) is 13.3. The number of benzene rings is 2. The molecule has 0 aromatic heterocycles. The van der Waals surface area contributed by atoms with E-state index < -0.39 is 40.3 Å². The van der Waals surface area contributed by atoms with Gasteiger partial charge in [0.15, 0.2) is 17.4 Å². The lowest BCUT2D eigenvalue weighted by atomic mass is 9.99. The lowest BCUT2D eigenvalue weighted by Gasteiger charge is -2.13. The second-order valence-electron chi connectivity index (χ2n) is 5.14. The Morgan fingerprint density at radius 1 is 1.08 bits per heavy atom. The minimum atomic E-state index is -1.78. The Bertz CT molecular complexity index is 835. The fraction of sp³-hybridized carbons (Fsp3) is 0.176. The Hall–Kier alpha value is -3.03. The molecule has 2 rings (SSSR count). The highest BCUT2D eigenvalue weighted by molar-refractivity contribution is 5.93. The second kappa shape index (κ2) is 7.25. The van der Waals surface area contributed by atoms with Crippen LogP contribution in [0.3, 0.4) is 0 Å². The lowest BCUT2D eigenvalue weighted by molar-refractivity contribution is -0.119. The Labute approximate surface area is 141 Å². The van der Waals surface area contributed by atoms with E-state index in [2.05, 4.69) is 10.1 Å². The number of ether oxygens (including phenoxy) is 1. The molecule has 132 valence electrons. The Morgan fingerprint density at radius 2 is 1.68 bits per heavy atom. The largest absolute Gasteiger partial charge is 0.493 e. The number of methoxy groups -OCH3 is 1. The third-order valence-corrected chi connectivity index (χ3v) is 3.48. The van der Waals surface area contributed by atoms with Gasteiger partial charge >= 0.3 is 5.97 Å². The summed E-state index contributed by atoms with van der Waals surface area (Å²) in [6.45, 7) is 1.55. The number of hydrogen-bond donors (Lipinski definition) is 2. The predicted molar refractivity (Wildman–Crippen MR) is 82.8 cm³/mol. The minimum Gasteiger partial charge on any atom is -0.493 e. The maximum Gasteiger partial charge on any atom is 0.342 e. The maximum absolute atomic E-state index is 14.5. The number of carbonyl (C=O) groups excluding carboxylic acids is 1. The van der Waals surface area contributed by atoms with Gasteiger partial charge in [-0.1, -0.05) is 24.3 Å². The number of carbonyl (C=O) groups is 2. The van der Waals surface area contributed by atoms with Crippen LogP contribution in [0.4, 0.5) is 13.2 Å². The zero-order chi connectivity index (χ0) is 18.7. The molecule has 0 aliphatic rings. The number of aromatic carboxylic acids is 1. The fourth-order valence-corrected chi connectivity index (χ4v) is 2.29. The molecule has 8 heteroatoms. The van der Waals surface area contributed by atoms with Crippen LogP contribution < -0.4 is 10.1 Å². The summed E-state index contributed by atoms with van der Waals surface area (Å²) in [5.74, 6) is -7.60. The predicted octanol–water partition coefficient (Wildman–Crippen LogP) is 3.11. The molecule has 0 aliphatic carbocycles. The summed E-state index contributed by atoms with van der Waals surface area (Å²) in [6.07, 6.45) is 0. The monoisotopic (exact) mass is 353 g/mol. The lowest BCUT2D eigenvalue weighted by Crippen LogP contribution is -2.18. The molecule has 2 N–H and O–H groups in total.